The number of carbonyl (C=O) groups is 1. The Morgan fingerprint density at radius 2 is 1.84 bits per heavy atom. The maximum atomic E-state index is 14.8. The zero-order valence-corrected chi connectivity index (χ0v) is 20.5. The Bertz CT molecular complexity index is 1330. The molecule has 6 rings (SSSR count). The lowest BCUT2D eigenvalue weighted by Gasteiger charge is -2.40. The lowest BCUT2D eigenvalue weighted by atomic mass is 9.98. The number of nitrogens with zero attached hydrogens (tertiary/aromatic N) is 2. The van der Waals surface area contributed by atoms with Crippen LogP contribution in [0.4, 0.5) is 18.9 Å². The van der Waals surface area contributed by atoms with E-state index < -0.39 is 18.4 Å². The van der Waals surface area contributed by atoms with Gasteiger partial charge in [-0.25, -0.2) is 9.18 Å². The lowest BCUT2D eigenvalue weighted by Crippen LogP contribution is -2.46. The predicted molar refractivity (Wildman–Crippen MR) is 131 cm³/mol. The first-order valence-corrected chi connectivity index (χ1v) is 12.8. The van der Waals surface area contributed by atoms with Crippen LogP contribution in [0.1, 0.15) is 66.1 Å². The van der Waals surface area contributed by atoms with E-state index in [1.807, 2.05) is 0 Å². The molecule has 2 aromatic carbocycles. The Morgan fingerprint density at radius 1 is 1.11 bits per heavy atom. The minimum Gasteiger partial charge on any atom is -0.478 e. The predicted octanol–water partition coefficient (Wildman–Crippen LogP) is 6.37. The summed E-state index contributed by atoms with van der Waals surface area (Å²) in [5.41, 5.74) is 1.98. The summed E-state index contributed by atoms with van der Waals surface area (Å²) in [6.45, 7) is -2.74. The van der Waals surface area contributed by atoms with Crippen LogP contribution < -0.4 is 9.64 Å². The van der Waals surface area contributed by atoms with Gasteiger partial charge in [-0.05, 0) is 68.9 Å². The standard InChI is InChI=1S/C28H27F3N2O5/c29-22-11-16(27(34)35)7-10-23(22)33-17-8-9-18(33)13-19(12-17)36-14-21-25(32-38-26(21)15-5-6-15)20-3-1-2-4-24(20)37-28(30)31/h1-4,7,10-11,15,17-19,28H,5-6,8-9,12-14H2,(H,34,35)/t17-,18+,19?. The number of hydrogen-bond acceptors (Lipinski definition) is 6. The maximum Gasteiger partial charge on any atom is 0.387 e. The fraction of sp³-hybridized carbons (Fsp3) is 0.429. The number of carboxylic acids is 1. The van der Waals surface area contributed by atoms with Gasteiger partial charge in [0, 0.05) is 29.1 Å². The first kappa shape index (κ1) is 24.8. The SMILES string of the molecule is O=C(O)c1ccc(N2[C@@H]3CC[C@H]2CC(OCc2c(-c4ccccc4OC(F)F)noc2C2CC2)C3)c(F)c1. The van der Waals surface area contributed by atoms with E-state index in [1.54, 1.807) is 24.3 Å². The molecule has 38 heavy (non-hydrogen) atoms. The molecule has 3 heterocycles. The van der Waals surface area contributed by atoms with Crippen molar-refractivity contribution < 1.29 is 37.1 Å². The zero-order valence-electron chi connectivity index (χ0n) is 20.5. The second kappa shape index (κ2) is 9.98. The number of aromatic carboxylic acids is 1. The number of alkyl halides is 2. The normalized spacial score (nSPS) is 22.7. The maximum absolute atomic E-state index is 14.8. The largest absolute Gasteiger partial charge is 0.478 e. The highest BCUT2D eigenvalue weighted by atomic mass is 19.3. The first-order chi connectivity index (χ1) is 18.4. The van der Waals surface area contributed by atoms with Gasteiger partial charge in [0.15, 0.2) is 0 Å². The minimum absolute atomic E-state index is 0.0293. The van der Waals surface area contributed by atoms with Gasteiger partial charge in [-0.1, -0.05) is 17.3 Å². The number of carboxylic acid groups (broad SMARTS) is 1. The van der Waals surface area contributed by atoms with E-state index >= 15 is 0 Å². The Hall–Kier alpha value is -3.53. The zero-order chi connectivity index (χ0) is 26.4. The topological polar surface area (TPSA) is 85.0 Å². The van der Waals surface area contributed by atoms with Crippen molar-refractivity contribution in [2.75, 3.05) is 4.90 Å². The van der Waals surface area contributed by atoms with Crippen molar-refractivity contribution in [3.05, 3.63) is 65.2 Å². The summed E-state index contributed by atoms with van der Waals surface area (Å²) in [5, 5.41) is 13.4. The highest BCUT2D eigenvalue weighted by Crippen LogP contribution is 2.46. The van der Waals surface area contributed by atoms with E-state index in [4.69, 9.17) is 19.1 Å². The fourth-order valence-electron chi connectivity index (χ4n) is 5.91. The third-order valence-corrected chi connectivity index (χ3v) is 7.75. The van der Waals surface area contributed by atoms with Crippen LogP contribution in [0.5, 0.6) is 5.75 Å². The third-order valence-electron chi connectivity index (χ3n) is 7.75. The number of ether oxygens (including phenoxy) is 2. The van der Waals surface area contributed by atoms with Crippen molar-refractivity contribution in [2.24, 2.45) is 0 Å². The van der Waals surface area contributed by atoms with Crippen LogP contribution in [0.2, 0.25) is 0 Å². The van der Waals surface area contributed by atoms with E-state index in [2.05, 4.69) is 10.1 Å². The molecular formula is C28H27F3N2O5. The van der Waals surface area contributed by atoms with Gasteiger partial charge in [-0.2, -0.15) is 8.78 Å². The van der Waals surface area contributed by atoms with Gasteiger partial charge in [0.25, 0.3) is 0 Å². The van der Waals surface area contributed by atoms with Crippen LogP contribution in [-0.2, 0) is 11.3 Å². The first-order valence-electron chi connectivity index (χ1n) is 12.8. The van der Waals surface area contributed by atoms with Crippen molar-refractivity contribution in [1.82, 2.24) is 5.16 Å². The molecule has 10 heteroatoms. The summed E-state index contributed by atoms with van der Waals surface area (Å²) in [5.74, 6) is -0.691. The van der Waals surface area contributed by atoms with E-state index in [1.165, 1.54) is 12.1 Å². The van der Waals surface area contributed by atoms with E-state index in [9.17, 15) is 18.0 Å². The molecule has 7 nitrogen and oxygen atoms in total. The summed E-state index contributed by atoms with van der Waals surface area (Å²) in [6, 6.07) is 10.7. The van der Waals surface area contributed by atoms with Gasteiger partial charge in [0.05, 0.1) is 24.0 Å². The monoisotopic (exact) mass is 528 g/mol. The number of halogens is 3. The third kappa shape index (κ3) is 4.73. The van der Waals surface area contributed by atoms with E-state index in [-0.39, 0.29) is 42.0 Å². The number of fused-ring (bicyclic) bond motifs is 2. The highest BCUT2D eigenvalue weighted by Gasteiger charge is 2.42. The minimum atomic E-state index is -2.96. The Labute approximate surface area is 217 Å². The molecular weight excluding hydrogens is 501 g/mol. The fourth-order valence-corrected chi connectivity index (χ4v) is 5.91. The number of anilines is 1. The van der Waals surface area contributed by atoms with Crippen LogP contribution in [0.3, 0.4) is 0 Å². The number of para-hydroxylation sites is 1. The van der Waals surface area contributed by atoms with E-state index in [0.717, 1.165) is 43.1 Å². The summed E-state index contributed by atoms with van der Waals surface area (Å²) >= 11 is 0. The number of hydrogen-bond donors (Lipinski definition) is 1. The molecule has 0 spiro atoms. The number of benzene rings is 2. The number of aromatic nitrogens is 1. The molecule has 3 atom stereocenters. The summed E-state index contributed by atoms with van der Waals surface area (Å²) in [7, 11) is 0. The molecule has 2 aliphatic heterocycles. The second-order valence-corrected chi connectivity index (χ2v) is 10.2. The molecule has 0 amide bonds. The molecule has 1 unspecified atom stereocenters. The van der Waals surface area contributed by atoms with Crippen LogP contribution >= 0.6 is 0 Å². The molecule has 1 aliphatic carbocycles. The number of piperidine rings is 1. The van der Waals surface area contributed by atoms with Gasteiger partial charge in [-0.15, -0.1) is 0 Å². The van der Waals surface area contributed by atoms with Crippen molar-refractivity contribution in [3.8, 4) is 17.0 Å². The van der Waals surface area contributed by atoms with Gasteiger partial charge >= 0.3 is 12.6 Å². The van der Waals surface area contributed by atoms with Crippen molar-refractivity contribution >= 4 is 11.7 Å². The smallest absolute Gasteiger partial charge is 0.387 e. The van der Waals surface area contributed by atoms with Gasteiger partial charge in [0.1, 0.15) is 23.0 Å². The quantitative estimate of drug-likeness (QED) is 0.345. The van der Waals surface area contributed by atoms with E-state index in [0.29, 0.717) is 29.8 Å². The van der Waals surface area contributed by atoms with Crippen LogP contribution in [0.25, 0.3) is 11.3 Å². The second-order valence-electron chi connectivity index (χ2n) is 10.2. The van der Waals surface area contributed by atoms with Crippen LogP contribution in [0.15, 0.2) is 47.0 Å². The Balaban J connectivity index is 1.20. The van der Waals surface area contributed by atoms with Crippen molar-refractivity contribution in [2.45, 2.75) is 75.8 Å². The number of rotatable bonds is 9. The van der Waals surface area contributed by atoms with Crippen LogP contribution in [0, 0.1) is 5.82 Å². The average Bonchev–Trinajstić information content (AvgIpc) is 3.59. The molecule has 0 radical (unpaired) electrons. The van der Waals surface area contributed by atoms with Crippen molar-refractivity contribution in [3.63, 3.8) is 0 Å². The highest BCUT2D eigenvalue weighted by molar-refractivity contribution is 5.88. The van der Waals surface area contributed by atoms with Crippen LogP contribution in [-0.4, -0.2) is 41.0 Å². The van der Waals surface area contributed by atoms with Gasteiger partial charge in [0.2, 0.25) is 0 Å². The molecule has 1 saturated carbocycles. The molecule has 3 aromatic rings. The molecule has 1 N–H and O–H groups in total. The molecule has 3 fully saturated rings. The Morgan fingerprint density at radius 3 is 2.50 bits per heavy atom. The van der Waals surface area contributed by atoms with Gasteiger partial charge in [-0.3, -0.25) is 0 Å². The molecule has 200 valence electrons. The van der Waals surface area contributed by atoms with Crippen molar-refractivity contribution in [1.29, 1.82) is 0 Å². The molecule has 2 saturated heterocycles. The summed E-state index contributed by atoms with van der Waals surface area (Å²) < 4.78 is 57.7. The summed E-state index contributed by atoms with van der Waals surface area (Å²) in [6.07, 6.45) is 5.07. The summed E-state index contributed by atoms with van der Waals surface area (Å²) in [4.78, 5) is 13.3. The van der Waals surface area contributed by atoms with Gasteiger partial charge < -0.3 is 24.0 Å². The lowest BCUT2D eigenvalue weighted by molar-refractivity contribution is -0.0494. The molecule has 1 aromatic heterocycles. The molecule has 2 bridgehead atoms. The Kier molecular flexibility index (Phi) is 6.51. The molecule has 3 aliphatic rings. The average molecular weight is 529 g/mol.